The maximum Gasteiger partial charge on any atom is 0.123 e. The standard InChI is InChI=1S/C13H18FN/c1-4-5-11(3)15-9-12-6-7-13(14)8-10(12)2/h4,6-8,11,15H,1,5,9H2,2-3H3. The lowest BCUT2D eigenvalue weighted by atomic mass is 10.1. The summed E-state index contributed by atoms with van der Waals surface area (Å²) in [5.74, 6) is -0.171. The predicted molar refractivity (Wildman–Crippen MR) is 62.3 cm³/mol. The SMILES string of the molecule is C=CCC(C)NCc1ccc(F)cc1C. The molecule has 1 unspecified atom stereocenters. The molecular weight excluding hydrogens is 189 g/mol. The Morgan fingerprint density at radius 2 is 2.27 bits per heavy atom. The monoisotopic (exact) mass is 207 g/mol. The van der Waals surface area contributed by atoms with Crippen LogP contribution in [-0.4, -0.2) is 6.04 Å². The molecule has 0 fully saturated rings. The summed E-state index contributed by atoms with van der Waals surface area (Å²) in [7, 11) is 0. The number of hydrogen-bond acceptors (Lipinski definition) is 1. The molecule has 0 heterocycles. The Labute approximate surface area is 91.0 Å². The lowest BCUT2D eigenvalue weighted by Crippen LogP contribution is -2.25. The van der Waals surface area contributed by atoms with E-state index >= 15 is 0 Å². The Morgan fingerprint density at radius 1 is 1.53 bits per heavy atom. The molecule has 1 N–H and O–H groups in total. The molecule has 0 radical (unpaired) electrons. The lowest BCUT2D eigenvalue weighted by Gasteiger charge is -2.13. The van der Waals surface area contributed by atoms with Crippen molar-refractivity contribution in [3.63, 3.8) is 0 Å². The third kappa shape index (κ3) is 3.84. The minimum atomic E-state index is -0.171. The van der Waals surface area contributed by atoms with Crippen molar-refractivity contribution in [3.05, 3.63) is 47.8 Å². The number of aryl methyl sites for hydroxylation is 1. The van der Waals surface area contributed by atoms with E-state index in [0.29, 0.717) is 6.04 Å². The molecule has 1 aromatic carbocycles. The van der Waals surface area contributed by atoms with Crippen LogP contribution in [0.5, 0.6) is 0 Å². The third-order valence-electron chi connectivity index (χ3n) is 2.47. The Bertz CT molecular complexity index is 333. The summed E-state index contributed by atoms with van der Waals surface area (Å²) in [6.45, 7) is 8.51. The second kappa shape index (κ2) is 5.66. The minimum Gasteiger partial charge on any atom is -0.310 e. The summed E-state index contributed by atoms with van der Waals surface area (Å²) >= 11 is 0. The molecule has 0 saturated carbocycles. The zero-order chi connectivity index (χ0) is 11.3. The van der Waals surface area contributed by atoms with Gasteiger partial charge in [0.1, 0.15) is 5.82 Å². The second-order valence-corrected chi connectivity index (χ2v) is 3.88. The molecular formula is C13H18FN. The number of nitrogens with one attached hydrogen (secondary N) is 1. The zero-order valence-electron chi connectivity index (χ0n) is 9.39. The molecule has 15 heavy (non-hydrogen) atoms. The van der Waals surface area contributed by atoms with Crippen molar-refractivity contribution in [1.29, 1.82) is 0 Å². The van der Waals surface area contributed by atoms with Gasteiger partial charge in [0.05, 0.1) is 0 Å². The molecule has 1 rings (SSSR count). The average Bonchev–Trinajstić information content (AvgIpc) is 2.17. The van der Waals surface area contributed by atoms with Crippen LogP contribution in [0.25, 0.3) is 0 Å². The van der Waals surface area contributed by atoms with E-state index in [1.54, 1.807) is 6.07 Å². The Balaban J connectivity index is 2.54. The van der Waals surface area contributed by atoms with Crippen LogP contribution in [0.3, 0.4) is 0 Å². The highest BCUT2D eigenvalue weighted by molar-refractivity contribution is 5.26. The van der Waals surface area contributed by atoms with Crippen LogP contribution in [-0.2, 0) is 6.54 Å². The quantitative estimate of drug-likeness (QED) is 0.731. The Morgan fingerprint density at radius 3 is 2.87 bits per heavy atom. The summed E-state index contributed by atoms with van der Waals surface area (Å²) < 4.78 is 12.8. The summed E-state index contributed by atoms with van der Waals surface area (Å²) in [5.41, 5.74) is 2.14. The Hall–Kier alpha value is -1.15. The molecule has 82 valence electrons. The van der Waals surface area contributed by atoms with Crippen molar-refractivity contribution in [2.24, 2.45) is 0 Å². The molecule has 0 aliphatic carbocycles. The smallest absolute Gasteiger partial charge is 0.123 e. The van der Waals surface area contributed by atoms with E-state index in [0.717, 1.165) is 24.1 Å². The van der Waals surface area contributed by atoms with E-state index in [1.807, 2.05) is 19.1 Å². The van der Waals surface area contributed by atoms with Crippen LogP contribution in [0, 0.1) is 12.7 Å². The fraction of sp³-hybridized carbons (Fsp3) is 0.385. The van der Waals surface area contributed by atoms with Gasteiger partial charge in [0.2, 0.25) is 0 Å². The summed E-state index contributed by atoms with van der Waals surface area (Å²) in [6, 6.07) is 5.31. The van der Waals surface area contributed by atoms with Gasteiger partial charge in [-0.25, -0.2) is 4.39 Å². The van der Waals surface area contributed by atoms with E-state index in [4.69, 9.17) is 0 Å². The van der Waals surface area contributed by atoms with Crippen LogP contribution in [0.15, 0.2) is 30.9 Å². The maximum absolute atomic E-state index is 12.8. The summed E-state index contributed by atoms with van der Waals surface area (Å²) in [5, 5.41) is 3.37. The first kappa shape index (κ1) is 11.9. The molecule has 0 bridgehead atoms. The van der Waals surface area contributed by atoms with Crippen molar-refractivity contribution < 1.29 is 4.39 Å². The van der Waals surface area contributed by atoms with E-state index in [-0.39, 0.29) is 5.82 Å². The van der Waals surface area contributed by atoms with Gasteiger partial charge in [-0.05, 0) is 43.5 Å². The third-order valence-corrected chi connectivity index (χ3v) is 2.47. The molecule has 0 aliphatic rings. The van der Waals surface area contributed by atoms with Gasteiger partial charge in [0.15, 0.2) is 0 Å². The summed E-state index contributed by atoms with van der Waals surface area (Å²) in [4.78, 5) is 0. The first-order valence-electron chi connectivity index (χ1n) is 5.22. The van der Waals surface area contributed by atoms with Crippen molar-refractivity contribution in [2.75, 3.05) is 0 Å². The highest BCUT2D eigenvalue weighted by atomic mass is 19.1. The van der Waals surface area contributed by atoms with E-state index < -0.39 is 0 Å². The number of rotatable bonds is 5. The van der Waals surface area contributed by atoms with E-state index in [9.17, 15) is 4.39 Å². The van der Waals surface area contributed by atoms with Crippen molar-refractivity contribution >= 4 is 0 Å². The lowest BCUT2D eigenvalue weighted by molar-refractivity contribution is 0.551. The topological polar surface area (TPSA) is 12.0 Å². The van der Waals surface area contributed by atoms with Gasteiger partial charge in [-0.2, -0.15) is 0 Å². The molecule has 1 nitrogen and oxygen atoms in total. The molecule has 0 aliphatic heterocycles. The fourth-order valence-corrected chi connectivity index (χ4v) is 1.48. The Kier molecular flexibility index (Phi) is 4.50. The molecule has 1 atom stereocenters. The van der Waals surface area contributed by atoms with Crippen molar-refractivity contribution in [3.8, 4) is 0 Å². The largest absolute Gasteiger partial charge is 0.310 e. The fourth-order valence-electron chi connectivity index (χ4n) is 1.48. The van der Waals surface area contributed by atoms with Crippen LogP contribution in [0.1, 0.15) is 24.5 Å². The molecule has 0 aromatic heterocycles. The van der Waals surface area contributed by atoms with Gasteiger partial charge in [0, 0.05) is 12.6 Å². The number of hydrogen-bond donors (Lipinski definition) is 1. The van der Waals surface area contributed by atoms with Gasteiger partial charge in [0.25, 0.3) is 0 Å². The van der Waals surface area contributed by atoms with E-state index in [1.165, 1.54) is 6.07 Å². The van der Waals surface area contributed by atoms with Crippen molar-refractivity contribution in [2.45, 2.75) is 32.9 Å². The average molecular weight is 207 g/mol. The molecule has 0 spiro atoms. The normalized spacial score (nSPS) is 12.5. The molecule has 0 saturated heterocycles. The number of halogens is 1. The maximum atomic E-state index is 12.8. The van der Waals surface area contributed by atoms with Crippen molar-refractivity contribution in [1.82, 2.24) is 5.32 Å². The molecule has 2 heteroatoms. The molecule has 1 aromatic rings. The first-order valence-corrected chi connectivity index (χ1v) is 5.22. The second-order valence-electron chi connectivity index (χ2n) is 3.88. The summed E-state index contributed by atoms with van der Waals surface area (Å²) in [6.07, 6.45) is 2.84. The van der Waals surface area contributed by atoms with Gasteiger partial charge in [-0.15, -0.1) is 6.58 Å². The van der Waals surface area contributed by atoms with Crippen LogP contribution in [0.2, 0.25) is 0 Å². The minimum absolute atomic E-state index is 0.171. The molecule has 0 amide bonds. The van der Waals surface area contributed by atoms with Crippen LogP contribution in [0.4, 0.5) is 4.39 Å². The van der Waals surface area contributed by atoms with Gasteiger partial charge >= 0.3 is 0 Å². The highest BCUT2D eigenvalue weighted by Gasteiger charge is 2.02. The highest BCUT2D eigenvalue weighted by Crippen LogP contribution is 2.10. The van der Waals surface area contributed by atoms with Gasteiger partial charge < -0.3 is 5.32 Å². The van der Waals surface area contributed by atoms with Crippen LogP contribution >= 0.6 is 0 Å². The van der Waals surface area contributed by atoms with Crippen LogP contribution < -0.4 is 5.32 Å². The van der Waals surface area contributed by atoms with Gasteiger partial charge in [-0.3, -0.25) is 0 Å². The van der Waals surface area contributed by atoms with E-state index in [2.05, 4.69) is 18.8 Å². The predicted octanol–water partition coefficient (Wildman–Crippen LogP) is 3.19. The van der Waals surface area contributed by atoms with Gasteiger partial charge in [-0.1, -0.05) is 12.1 Å². The zero-order valence-corrected chi connectivity index (χ0v) is 9.39. The number of benzene rings is 1. The first-order chi connectivity index (χ1) is 7.13.